The number of carbonyl (C=O) groups excluding carboxylic acids is 2. The van der Waals surface area contributed by atoms with Crippen molar-refractivity contribution in [2.24, 2.45) is 0 Å². The third-order valence-electron chi connectivity index (χ3n) is 5.81. The molecule has 0 saturated carbocycles. The van der Waals surface area contributed by atoms with Gasteiger partial charge in [0.1, 0.15) is 18.4 Å². The summed E-state index contributed by atoms with van der Waals surface area (Å²) in [5.41, 5.74) is 1.38. The lowest BCUT2D eigenvalue weighted by molar-refractivity contribution is -0.140. The molecule has 11 heteroatoms. The predicted octanol–water partition coefficient (Wildman–Crippen LogP) is 5.06. The summed E-state index contributed by atoms with van der Waals surface area (Å²) >= 11 is 12.3. The van der Waals surface area contributed by atoms with Crippen molar-refractivity contribution in [3.05, 3.63) is 99.8 Å². The number of rotatable bonds is 11. The number of nitrogens with one attached hydrogen (secondary N) is 1. The molecule has 7 nitrogen and oxygen atoms in total. The lowest BCUT2D eigenvalue weighted by atomic mass is 10.0. The van der Waals surface area contributed by atoms with Gasteiger partial charge in [-0.05, 0) is 55.3 Å². The van der Waals surface area contributed by atoms with Gasteiger partial charge in [-0.3, -0.25) is 13.9 Å². The minimum atomic E-state index is -3.99. The van der Waals surface area contributed by atoms with E-state index in [2.05, 4.69) is 5.32 Å². The summed E-state index contributed by atoms with van der Waals surface area (Å²) in [5.74, 6) is -1.71. The first-order valence-electron chi connectivity index (χ1n) is 12.2. The molecule has 3 aromatic rings. The van der Waals surface area contributed by atoms with Gasteiger partial charge < -0.3 is 10.2 Å². The van der Waals surface area contributed by atoms with Crippen LogP contribution in [0.1, 0.15) is 25.0 Å². The normalized spacial score (nSPS) is 12.2. The van der Waals surface area contributed by atoms with Gasteiger partial charge in [-0.1, -0.05) is 65.7 Å². The fourth-order valence-electron chi connectivity index (χ4n) is 4.01. The Morgan fingerprint density at radius 3 is 2.21 bits per heavy atom. The quantitative estimate of drug-likeness (QED) is 0.336. The summed E-state index contributed by atoms with van der Waals surface area (Å²) in [7, 11) is -3.99. The molecule has 1 atom stereocenters. The Hall–Kier alpha value is -3.14. The smallest absolute Gasteiger partial charge is 0.244 e. The second-order valence-electron chi connectivity index (χ2n) is 9.39. The average molecular weight is 595 g/mol. The van der Waals surface area contributed by atoms with Crippen molar-refractivity contribution in [2.75, 3.05) is 17.1 Å². The highest BCUT2D eigenvalue weighted by molar-refractivity contribution is 7.92. The topological polar surface area (TPSA) is 86.8 Å². The molecule has 208 valence electrons. The van der Waals surface area contributed by atoms with Crippen molar-refractivity contribution < 1.29 is 22.4 Å². The molecule has 2 amide bonds. The third kappa shape index (κ3) is 8.68. The zero-order valence-corrected chi connectivity index (χ0v) is 24.1. The molecule has 0 bridgehead atoms. The molecule has 1 N–H and O–H groups in total. The molecule has 0 unspecified atom stereocenters. The van der Waals surface area contributed by atoms with Crippen LogP contribution in [-0.2, 0) is 32.6 Å². The van der Waals surface area contributed by atoms with Gasteiger partial charge in [0.15, 0.2) is 0 Å². The summed E-state index contributed by atoms with van der Waals surface area (Å²) in [4.78, 5) is 28.7. The molecule has 3 aromatic carbocycles. The molecule has 0 fully saturated rings. The number of hydrogen-bond acceptors (Lipinski definition) is 4. The third-order valence-corrected chi connectivity index (χ3v) is 7.69. The molecule has 0 heterocycles. The Bertz CT molecular complexity index is 1420. The highest BCUT2D eigenvalue weighted by Crippen LogP contribution is 2.25. The summed E-state index contributed by atoms with van der Waals surface area (Å²) < 4.78 is 40.2. The van der Waals surface area contributed by atoms with E-state index in [1.54, 1.807) is 32.0 Å². The van der Waals surface area contributed by atoms with Crippen LogP contribution in [0.2, 0.25) is 10.0 Å². The van der Waals surface area contributed by atoms with Crippen molar-refractivity contribution in [2.45, 2.75) is 38.9 Å². The lowest BCUT2D eigenvalue weighted by Crippen LogP contribution is -2.54. The number of sulfonamides is 1. The van der Waals surface area contributed by atoms with Gasteiger partial charge in [-0.25, -0.2) is 12.8 Å². The van der Waals surface area contributed by atoms with Gasteiger partial charge >= 0.3 is 0 Å². The van der Waals surface area contributed by atoms with Crippen molar-refractivity contribution in [3.8, 4) is 0 Å². The number of halogens is 3. The van der Waals surface area contributed by atoms with Gasteiger partial charge in [0.25, 0.3) is 0 Å². The zero-order valence-electron chi connectivity index (χ0n) is 21.8. The number of hydrogen-bond donors (Lipinski definition) is 1. The Kier molecular flexibility index (Phi) is 10.4. The van der Waals surface area contributed by atoms with E-state index in [1.807, 2.05) is 30.3 Å². The van der Waals surface area contributed by atoms with Gasteiger partial charge in [0.2, 0.25) is 21.8 Å². The maximum atomic E-state index is 14.0. The zero-order chi connectivity index (χ0) is 28.7. The Balaban J connectivity index is 2.07. The first-order chi connectivity index (χ1) is 18.3. The second-order valence-corrected chi connectivity index (χ2v) is 12.1. The number of carbonyl (C=O) groups is 2. The molecule has 0 aliphatic rings. The highest BCUT2D eigenvalue weighted by atomic mass is 35.5. The Morgan fingerprint density at radius 2 is 1.62 bits per heavy atom. The molecule has 0 aliphatic carbocycles. The van der Waals surface area contributed by atoms with Crippen molar-refractivity contribution in [1.82, 2.24) is 10.2 Å². The number of nitrogens with zero attached hydrogens (tertiary/aromatic N) is 2. The fourth-order valence-corrected chi connectivity index (χ4v) is 5.18. The van der Waals surface area contributed by atoms with Gasteiger partial charge in [-0.15, -0.1) is 0 Å². The van der Waals surface area contributed by atoms with Gasteiger partial charge in [0, 0.05) is 19.0 Å². The summed E-state index contributed by atoms with van der Waals surface area (Å²) in [6.07, 6.45) is 1.10. The van der Waals surface area contributed by atoms with Crippen LogP contribution in [0.25, 0.3) is 0 Å². The second kappa shape index (κ2) is 13.3. The number of amides is 2. The van der Waals surface area contributed by atoms with E-state index in [0.717, 1.165) is 22.2 Å². The highest BCUT2D eigenvalue weighted by Gasteiger charge is 2.33. The molecule has 0 aromatic heterocycles. The molecule has 0 spiro atoms. The Labute approximate surface area is 238 Å². The van der Waals surface area contributed by atoms with Crippen LogP contribution in [0.5, 0.6) is 0 Å². The maximum Gasteiger partial charge on any atom is 0.244 e. The van der Waals surface area contributed by atoms with Crippen LogP contribution in [0.3, 0.4) is 0 Å². The van der Waals surface area contributed by atoms with Gasteiger partial charge in [0.05, 0.1) is 22.0 Å². The summed E-state index contributed by atoms with van der Waals surface area (Å²) in [6, 6.07) is 17.8. The van der Waals surface area contributed by atoms with E-state index < -0.39 is 40.2 Å². The summed E-state index contributed by atoms with van der Waals surface area (Å²) in [5, 5.41) is 3.46. The van der Waals surface area contributed by atoms with E-state index in [1.165, 1.54) is 23.1 Å². The molecule has 0 radical (unpaired) electrons. The molecule has 0 saturated heterocycles. The van der Waals surface area contributed by atoms with E-state index in [9.17, 15) is 22.4 Å². The fraction of sp³-hybridized carbons (Fsp3) is 0.286. The lowest BCUT2D eigenvalue weighted by Gasteiger charge is -2.34. The maximum absolute atomic E-state index is 14.0. The van der Waals surface area contributed by atoms with Crippen molar-refractivity contribution in [1.29, 1.82) is 0 Å². The van der Waals surface area contributed by atoms with Crippen LogP contribution in [0.15, 0.2) is 72.8 Å². The first kappa shape index (κ1) is 30.4. The Morgan fingerprint density at radius 1 is 0.923 bits per heavy atom. The van der Waals surface area contributed by atoms with Crippen LogP contribution in [-0.4, -0.2) is 50.0 Å². The van der Waals surface area contributed by atoms with Crippen LogP contribution in [0.4, 0.5) is 10.1 Å². The molecule has 0 aliphatic heterocycles. The van der Waals surface area contributed by atoms with E-state index in [0.29, 0.717) is 10.6 Å². The van der Waals surface area contributed by atoms with Crippen LogP contribution in [0, 0.1) is 5.82 Å². The SMILES string of the molecule is CC(C)NC(=O)[C@H](Cc1ccccc1)N(Cc1ccc(Cl)c(Cl)c1)C(=O)CN(c1cccc(F)c1)S(C)(=O)=O. The van der Waals surface area contributed by atoms with Crippen molar-refractivity contribution in [3.63, 3.8) is 0 Å². The van der Waals surface area contributed by atoms with E-state index in [4.69, 9.17) is 23.2 Å². The molecule has 39 heavy (non-hydrogen) atoms. The van der Waals surface area contributed by atoms with Crippen LogP contribution < -0.4 is 9.62 Å². The minimum Gasteiger partial charge on any atom is -0.352 e. The first-order valence-corrected chi connectivity index (χ1v) is 14.8. The monoisotopic (exact) mass is 593 g/mol. The molecular formula is C28H30Cl2FN3O4S. The van der Waals surface area contributed by atoms with Crippen molar-refractivity contribution >= 4 is 50.7 Å². The number of benzene rings is 3. The van der Waals surface area contributed by atoms with Crippen LogP contribution >= 0.6 is 23.2 Å². The molecular weight excluding hydrogens is 564 g/mol. The minimum absolute atomic E-state index is 0.00780. The van der Waals surface area contributed by atoms with Gasteiger partial charge in [-0.2, -0.15) is 0 Å². The van der Waals surface area contributed by atoms with E-state index in [-0.39, 0.29) is 29.7 Å². The molecule has 3 rings (SSSR count). The standard InChI is InChI=1S/C28H30Cl2FN3O4S/c1-19(2)32-28(36)26(15-20-8-5-4-6-9-20)33(17-21-12-13-24(29)25(30)14-21)27(35)18-34(39(3,37)38)23-11-7-10-22(31)16-23/h4-14,16,19,26H,15,17-18H2,1-3H3,(H,32,36)/t26-/m0/s1. The largest absolute Gasteiger partial charge is 0.352 e. The summed E-state index contributed by atoms with van der Waals surface area (Å²) in [6.45, 7) is 2.90. The predicted molar refractivity (Wildman–Crippen MR) is 153 cm³/mol. The average Bonchev–Trinajstić information content (AvgIpc) is 2.86. The number of anilines is 1. The van der Waals surface area contributed by atoms with E-state index >= 15 is 0 Å².